The van der Waals surface area contributed by atoms with Gasteiger partial charge >= 0.3 is 0 Å². The number of nitrogens with zero attached hydrogens (tertiary/aromatic N) is 3. The predicted octanol–water partition coefficient (Wildman–Crippen LogP) is 2.44. The van der Waals surface area contributed by atoms with Gasteiger partial charge in [0.15, 0.2) is 5.82 Å². The van der Waals surface area contributed by atoms with E-state index >= 15 is 0 Å². The molecular weight excluding hydrogens is 294 g/mol. The highest BCUT2D eigenvalue weighted by Crippen LogP contribution is 2.26. The van der Waals surface area contributed by atoms with E-state index in [-0.39, 0.29) is 0 Å². The molecule has 3 N–H and O–H groups in total. The Morgan fingerprint density at radius 3 is 2.72 bits per heavy atom. The van der Waals surface area contributed by atoms with E-state index in [2.05, 4.69) is 32.4 Å². The summed E-state index contributed by atoms with van der Waals surface area (Å²) in [6, 6.07) is 7.85. The number of aryl methyl sites for hydroxylation is 1. The molecule has 0 amide bonds. The van der Waals surface area contributed by atoms with Gasteiger partial charge in [0.25, 0.3) is 0 Å². The third kappa shape index (κ3) is 1.93. The van der Waals surface area contributed by atoms with Crippen LogP contribution in [-0.4, -0.2) is 16.8 Å². The van der Waals surface area contributed by atoms with Crippen molar-refractivity contribution in [3.05, 3.63) is 33.8 Å². The lowest BCUT2D eigenvalue weighted by Gasteiger charge is -2.07. The molecule has 5 nitrogen and oxygen atoms in total. The Balaban J connectivity index is 2.65. The lowest BCUT2D eigenvalue weighted by atomic mass is 10.2. The molecule has 2 aromatic rings. The Labute approximate surface area is 113 Å². The molecule has 0 fully saturated rings. The van der Waals surface area contributed by atoms with Gasteiger partial charge in [-0.2, -0.15) is 5.26 Å². The van der Waals surface area contributed by atoms with Gasteiger partial charge in [-0.15, -0.1) is 5.10 Å². The number of nitrogens with one attached hydrogen (secondary N) is 1. The maximum absolute atomic E-state index is 9.07. The normalized spacial score (nSPS) is 10.1. The van der Waals surface area contributed by atoms with Crippen LogP contribution in [0.4, 0.5) is 11.6 Å². The highest BCUT2D eigenvalue weighted by molar-refractivity contribution is 9.10. The largest absolute Gasteiger partial charge is 0.382 e. The summed E-state index contributed by atoms with van der Waals surface area (Å²) in [5.74, 6) is 0.824. The summed E-state index contributed by atoms with van der Waals surface area (Å²) in [6.07, 6.45) is 0. The van der Waals surface area contributed by atoms with Crippen molar-refractivity contribution in [1.29, 1.82) is 5.26 Å². The van der Waals surface area contributed by atoms with Crippen molar-refractivity contribution in [2.75, 3.05) is 18.1 Å². The van der Waals surface area contributed by atoms with Gasteiger partial charge in [0, 0.05) is 11.5 Å². The van der Waals surface area contributed by atoms with Crippen molar-refractivity contribution in [2.24, 2.45) is 0 Å². The molecule has 0 bridgehead atoms. The van der Waals surface area contributed by atoms with E-state index in [0.29, 0.717) is 17.2 Å². The van der Waals surface area contributed by atoms with Gasteiger partial charge in [0.1, 0.15) is 17.5 Å². The van der Waals surface area contributed by atoms with E-state index < -0.39 is 0 Å². The highest BCUT2D eigenvalue weighted by Gasteiger charge is 2.16. The number of benzene rings is 1. The molecule has 0 aliphatic heterocycles. The van der Waals surface area contributed by atoms with Gasteiger partial charge in [0.05, 0.1) is 5.69 Å². The molecule has 0 saturated heterocycles. The average Bonchev–Trinajstić information content (AvgIpc) is 2.66. The first kappa shape index (κ1) is 12.5. The Morgan fingerprint density at radius 2 is 2.22 bits per heavy atom. The number of anilines is 2. The van der Waals surface area contributed by atoms with E-state index in [1.165, 1.54) is 0 Å². The second-order valence-electron chi connectivity index (χ2n) is 3.81. The van der Waals surface area contributed by atoms with E-state index in [1.54, 1.807) is 11.7 Å². The zero-order valence-electron chi connectivity index (χ0n) is 10.0. The maximum Gasteiger partial charge on any atom is 0.168 e. The Kier molecular flexibility index (Phi) is 3.26. The topological polar surface area (TPSA) is 79.7 Å². The predicted molar refractivity (Wildman–Crippen MR) is 74.7 cm³/mol. The fraction of sp³-hybridized carbons (Fsp3) is 0.167. The highest BCUT2D eigenvalue weighted by atomic mass is 79.9. The summed E-state index contributed by atoms with van der Waals surface area (Å²) in [4.78, 5) is 0. The molecule has 0 unspecified atom stereocenters. The van der Waals surface area contributed by atoms with Crippen LogP contribution < -0.4 is 11.1 Å². The molecule has 0 spiro atoms. The standard InChI is InChI=1S/C12H12BrN5/c1-7-5-8(13)3-4-10(7)18-11(15)9(6-14)12(16-2)17-18/h3-5H,15H2,1-2H3,(H,16,17). The van der Waals surface area contributed by atoms with Gasteiger partial charge in [-0.25, -0.2) is 4.68 Å². The van der Waals surface area contributed by atoms with Crippen molar-refractivity contribution in [2.45, 2.75) is 6.92 Å². The number of aromatic nitrogens is 2. The zero-order chi connectivity index (χ0) is 13.3. The fourth-order valence-corrected chi connectivity index (χ4v) is 2.23. The van der Waals surface area contributed by atoms with Gasteiger partial charge in [-0.1, -0.05) is 15.9 Å². The van der Waals surface area contributed by atoms with Gasteiger partial charge in [-0.05, 0) is 30.7 Å². The summed E-state index contributed by atoms with van der Waals surface area (Å²) in [5, 5.41) is 16.2. The first-order valence-electron chi connectivity index (χ1n) is 5.31. The molecule has 2 rings (SSSR count). The van der Waals surface area contributed by atoms with Crippen LogP contribution in [0, 0.1) is 18.3 Å². The number of halogens is 1. The second kappa shape index (κ2) is 4.70. The third-order valence-electron chi connectivity index (χ3n) is 2.66. The summed E-state index contributed by atoms with van der Waals surface area (Å²) in [7, 11) is 1.71. The van der Waals surface area contributed by atoms with E-state index in [0.717, 1.165) is 15.7 Å². The molecule has 0 aliphatic carbocycles. The quantitative estimate of drug-likeness (QED) is 0.893. The smallest absolute Gasteiger partial charge is 0.168 e. The average molecular weight is 306 g/mol. The maximum atomic E-state index is 9.07. The summed E-state index contributed by atoms with van der Waals surface area (Å²) < 4.78 is 2.57. The Bertz CT molecular complexity index is 639. The lowest BCUT2D eigenvalue weighted by Crippen LogP contribution is -2.04. The van der Waals surface area contributed by atoms with Crippen molar-refractivity contribution in [1.82, 2.24) is 9.78 Å². The molecule has 1 aromatic carbocycles. The lowest BCUT2D eigenvalue weighted by molar-refractivity contribution is 0.885. The first-order chi connectivity index (χ1) is 8.58. The minimum atomic E-state index is 0.340. The number of nitriles is 1. The van der Waals surface area contributed by atoms with Crippen LogP contribution >= 0.6 is 15.9 Å². The van der Waals surface area contributed by atoms with Crippen LogP contribution in [0.5, 0.6) is 0 Å². The number of nitrogen functional groups attached to an aromatic ring is 1. The van der Waals surface area contributed by atoms with Crippen LogP contribution in [0.2, 0.25) is 0 Å². The molecule has 18 heavy (non-hydrogen) atoms. The minimum absolute atomic E-state index is 0.340. The van der Waals surface area contributed by atoms with E-state index in [9.17, 15) is 0 Å². The summed E-state index contributed by atoms with van der Waals surface area (Å²) in [5.41, 5.74) is 8.19. The summed E-state index contributed by atoms with van der Waals surface area (Å²) in [6.45, 7) is 1.96. The first-order valence-corrected chi connectivity index (χ1v) is 6.10. The zero-order valence-corrected chi connectivity index (χ0v) is 11.6. The van der Waals surface area contributed by atoms with Crippen LogP contribution in [-0.2, 0) is 0 Å². The summed E-state index contributed by atoms with van der Waals surface area (Å²) >= 11 is 3.41. The molecule has 6 heteroatoms. The van der Waals surface area contributed by atoms with E-state index in [1.807, 2.05) is 25.1 Å². The Hall–Kier alpha value is -2.00. The molecule has 0 aliphatic rings. The minimum Gasteiger partial charge on any atom is -0.382 e. The van der Waals surface area contributed by atoms with Crippen molar-refractivity contribution in [3.63, 3.8) is 0 Å². The molecule has 0 saturated carbocycles. The van der Waals surface area contributed by atoms with Crippen LogP contribution in [0.1, 0.15) is 11.1 Å². The molecular formula is C12H12BrN5. The Morgan fingerprint density at radius 1 is 1.50 bits per heavy atom. The second-order valence-corrected chi connectivity index (χ2v) is 4.73. The van der Waals surface area contributed by atoms with Crippen molar-refractivity contribution in [3.8, 4) is 11.8 Å². The number of nitrogens with two attached hydrogens (primary N) is 1. The molecule has 1 aromatic heterocycles. The number of hydrogen-bond donors (Lipinski definition) is 2. The molecule has 92 valence electrons. The SMILES string of the molecule is CNc1nn(-c2ccc(Br)cc2C)c(N)c1C#N. The number of rotatable bonds is 2. The van der Waals surface area contributed by atoms with Crippen molar-refractivity contribution < 1.29 is 0 Å². The van der Waals surface area contributed by atoms with E-state index in [4.69, 9.17) is 11.0 Å². The molecule has 1 heterocycles. The van der Waals surface area contributed by atoms with Gasteiger partial charge in [0.2, 0.25) is 0 Å². The van der Waals surface area contributed by atoms with Crippen LogP contribution in [0.3, 0.4) is 0 Å². The fourth-order valence-electron chi connectivity index (χ4n) is 1.76. The van der Waals surface area contributed by atoms with Crippen molar-refractivity contribution >= 4 is 27.6 Å². The molecule has 0 atom stereocenters. The number of hydrogen-bond acceptors (Lipinski definition) is 4. The third-order valence-corrected chi connectivity index (χ3v) is 3.15. The van der Waals surface area contributed by atoms with Gasteiger partial charge < -0.3 is 11.1 Å². The van der Waals surface area contributed by atoms with Crippen LogP contribution in [0.25, 0.3) is 5.69 Å². The van der Waals surface area contributed by atoms with Crippen LogP contribution in [0.15, 0.2) is 22.7 Å². The molecule has 0 radical (unpaired) electrons. The van der Waals surface area contributed by atoms with Gasteiger partial charge in [-0.3, -0.25) is 0 Å². The monoisotopic (exact) mass is 305 g/mol.